The second-order valence-electron chi connectivity index (χ2n) is 6.29. The molecule has 2 aromatic carbocycles. The summed E-state index contributed by atoms with van der Waals surface area (Å²) in [5, 5.41) is 6.03. The lowest BCUT2D eigenvalue weighted by molar-refractivity contribution is -0.139. The molecule has 0 aliphatic rings. The van der Waals surface area contributed by atoms with Crippen LogP contribution in [0, 0.1) is 0 Å². The standard InChI is InChI=1S/C21H23N3O6S/c1-30-20(26)15-22-21(27)17-8-5-9-18(14-17)24-19(25)10-12-23-31(28,29)13-11-16-6-3-2-4-7-16/h2-9,11,13-14,23H,10,12,15H2,1H3,(H,22,27)(H,24,25)/b13-11+. The van der Waals surface area contributed by atoms with E-state index in [1.54, 1.807) is 36.4 Å². The zero-order valence-electron chi connectivity index (χ0n) is 16.8. The number of anilines is 1. The van der Waals surface area contributed by atoms with Gasteiger partial charge in [-0.3, -0.25) is 14.4 Å². The molecule has 0 saturated heterocycles. The summed E-state index contributed by atoms with van der Waals surface area (Å²) in [6.45, 7) is -0.364. The van der Waals surface area contributed by atoms with E-state index in [-0.39, 0.29) is 25.1 Å². The highest BCUT2D eigenvalue weighted by atomic mass is 32.2. The summed E-state index contributed by atoms with van der Waals surface area (Å²) in [6, 6.07) is 15.1. The lowest BCUT2D eigenvalue weighted by Gasteiger charge is -2.08. The van der Waals surface area contributed by atoms with Crippen molar-refractivity contribution >= 4 is 39.6 Å². The van der Waals surface area contributed by atoms with Crippen LogP contribution in [-0.2, 0) is 24.3 Å². The highest BCUT2D eigenvalue weighted by molar-refractivity contribution is 7.92. The van der Waals surface area contributed by atoms with Gasteiger partial charge in [0.2, 0.25) is 15.9 Å². The number of methoxy groups -OCH3 is 1. The van der Waals surface area contributed by atoms with Crippen molar-refractivity contribution in [1.29, 1.82) is 0 Å². The van der Waals surface area contributed by atoms with Gasteiger partial charge in [0.15, 0.2) is 0 Å². The number of carbonyl (C=O) groups excluding carboxylic acids is 3. The van der Waals surface area contributed by atoms with Gasteiger partial charge in [0.1, 0.15) is 6.54 Å². The Labute approximate surface area is 180 Å². The highest BCUT2D eigenvalue weighted by Crippen LogP contribution is 2.11. The topological polar surface area (TPSA) is 131 Å². The number of hydrogen-bond donors (Lipinski definition) is 3. The van der Waals surface area contributed by atoms with Gasteiger partial charge in [-0.25, -0.2) is 13.1 Å². The summed E-state index contributed by atoms with van der Waals surface area (Å²) in [5.74, 6) is -1.51. The average molecular weight is 445 g/mol. The number of benzene rings is 2. The van der Waals surface area contributed by atoms with Crippen molar-refractivity contribution < 1.29 is 27.5 Å². The SMILES string of the molecule is COC(=O)CNC(=O)c1cccc(NC(=O)CCNS(=O)(=O)/C=C/c2ccccc2)c1. The third-order valence-corrected chi connectivity index (χ3v) is 5.02. The maximum Gasteiger partial charge on any atom is 0.325 e. The van der Waals surface area contributed by atoms with Crippen LogP contribution in [0.1, 0.15) is 22.3 Å². The first kappa shape index (κ1) is 23.8. The number of esters is 1. The van der Waals surface area contributed by atoms with Gasteiger partial charge in [0, 0.05) is 29.6 Å². The molecule has 0 aliphatic heterocycles. The van der Waals surface area contributed by atoms with Gasteiger partial charge in [0.25, 0.3) is 5.91 Å². The van der Waals surface area contributed by atoms with Crippen molar-refractivity contribution in [1.82, 2.24) is 10.0 Å². The normalized spacial score (nSPS) is 11.1. The molecule has 0 radical (unpaired) electrons. The van der Waals surface area contributed by atoms with Crippen LogP contribution in [0.15, 0.2) is 60.0 Å². The summed E-state index contributed by atoms with van der Waals surface area (Å²) in [6.07, 6.45) is 1.36. The van der Waals surface area contributed by atoms with E-state index in [0.717, 1.165) is 11.0 Å². The van der Waals surface area contributed by atoms with Crippen molar-refractivity contribution in [2.24, 2.45) is 0 Å². The molecule has 0 unspecified atom stereocenters. The molecule has 2 amide bonds. The molecule has 0 aromatic heterocycles. The van der Waals surface area contributed by atoms with Gasteiger partial charge in [-0.2, -0.15) is 0 Å². The minimum atomic E-state index is -3.68. The molecule has 9 nitrogen and oxygen atoms in total. The molecular formula is C21H23N3O6S. The molecule has 3 N–H and O–H groups in total. The summed E-state index contributed by atoms with van der Waals surface area (Å²) in [5.41, 5.74) is 1.34. The van der Waals surface area contributed by atoms with Crippen molar-refractivity contribution in [2.75, 3.05) is 25.5 Å². The molecule has 0 aliphatic carbocycles. The molecule has 0 fully saturated rings. The van der Waals surface area contributed by atoms with Crippen LogP contribution < -0.4 is 15.4 Å². The largest absolute Gasteiger partial charge is 0.468 e. The van der Waals surface area contributed by atoms with Crippen molar-refractivity contribution in [3.05, 3.63) is 71.1 Å². The number of carbonyl (C=O) groups is 3. The lowest BCUT2D eigenvalue weighted by atomic mass is 10.2. The first-order valence-electron chi connectivity index (χ1n) is 9.27. The molecule has 2 aromatic rings. The Morgan fingerprint density at radius 2 is 1.77 bits per heavy atom. The number of sulfonamides is 1. The number of rotatable bonds is 10. The molecule has 0 spiro atoms. The summed E-state index contributed by atoms with van der Waals surface area (Å²) < 4.78 is 30.7. The fraction of sp³-hybridized carbons (Fsp3) is 0.190. The Morgan fingerprint density at radius 1 is 1.03 bits per heavy atom. The maximum absolute atomic E-state index is 12.1. The summed E-state index contributed by atoms with van der Waals surface area (Å²) in [4.78, 5) is 35.2. The lowest BCUT2D eigenvalue weighted by Crippen LogP contribution is -2.30. The third kappa shape index (κ3) is 8.81. The van der Waals surface area contributed by atoms with Crippen LogP contribution >= 0.6 is 0 Å². The molecule has 2 rings (SSSR count). The van der Waals surface area contributed by atoms with E-state index in [1.165, 1.54) is 25.3 Å². The van der Waals surface area contributed by atoms with E-state index in [1.807, 2.05) is 6.07 Å². The second kappa shape index (κ2) is 11.6. The fourth-order valence-electron chi connectivity index (χ4n) is 2.38. The van der Waals surface area contributed by atoms with Gasteiger partial charge in [-0.1, -0.05) is 36.4 Å². The predicted molar refractivity (Wildman–Crippen MR) is 116 cm³/mol. The molecule has 10 heteroatoms. The average Bonchev–Trinajstić information content (AvgIpc) is 2.76. The number of nitrogens with one attached hydrogen (secondary N) is 3. The van der Waals surface area contributed by atoms with E-state index in [4.69, 9.17) is 0 Å². The van der Waals surface area contributed by atoms with Gasteiger partial charge >= 0.3 is 5.97 Å². The second-order valence-corrected chi connectivity index (χ2v) is 7.94. The Bertz CT molecular complexity index is 1050. The minimum absolute atomic E-state index is 0.0907. The van der Waals surface area contributed by atoms with Crippen molar-refractivity contribution in [2.45, 2.75) is 6.42 Å². The molecule has 31 heavy (non-hydrogen) atoms. The fourth-order valence-corrected chi connectivity index (χ4v) is 3.19. The first-order chi connectivity index (χ1) is 14.8. The molecule has 0 saturated carbocycles. The van der Waals surface area contributed by atoms with Crippen LogP contribution in [0.2, 0.25) is 0 Å². The Kier molecular flexibility index (Phi) is 8.92. The smallest absolute Gasteiger partial charge is 0.325 e. The summed E-state index contributed by atoms with van der Waals surface area (Å²) >= 11 is 0. The van der Waals surface area contributed by atoms with Crippen LogP contribution in [0.25, 0.3) is 6.08 Å². The predicted octanol–water partition coefficient (Wildman–Crippen LogP) is 1.51. The molecule has 0 atom stereocenters. The van der Waals surface area contributed by atoms with Crippen molar-refractivity contribution in [3.63, 3.8) is 0 Å². The van der Waals surface area contributed by atoms with E-state index in [9.17, 15) is 22.8 Å². The minimum Gasteiger partial charge on any atom is -0.468 e. The monoisotopic (exact) mass is 445 g/mol. The zero-order chi connectivity index (χ0) is 22.7. The maximum atomic E-state index is 12.1. The molecular weight excluding hydrogens is 422 g/mol. The van der Waals surface area contributed by atoms with E-state index >= 15 is 0 Å². The van der Waals surface area contributed by atoms with Crippen LogP contribution in [0.4, 0.5) is 5.69 Å². The zero-order valence-corrected chi connectivity index (χ0v) is 17.6. The first-order valence-corrected chi connectivity index (χ1v) is 10.8. The number of hydrogen-bond acceptors (Lipinski definition) is 6. The van der Waals surface area contributed by atoms with Crippen LogP contribution in [0.3, 0.4) is 0 Å². The van der Waals surface area contributed by atoms with Crippen LogP contribution in [-0.4, -0.2) is 46.4 Å². The molecule has 164 valence electrons. The number of amides is 2. The third-order valence-electron chi connectivity index (χ3n) is 3.92. The van der Waals surface area contributed by atoms with Gasteiger partial charge < -0.3 is 15.4 Å². The Balaban J connectivity index is 1.82. The van der Waals surface area contributed by atoms with Crippen LogP contribution in [0.5, 0.6) is 0 Å². The Morgan fingerprint density at radius 3 is 2.48 bits per heavy atom. The van der Waals surface area contributed by atoms with Gasteiger partial charge in [0.05, 0.1) is 7.11 Å². The van der Waals surface area contributed by atoms with Gasteiger partial charge in [-0.05, 0) is 29.8 Å². The van der Waals surface area contributed by atoms with E-state index in [2.05, 4.69) is 20.1 Å². The quantitative estimate of drug-likeness (QED) is 0.475. The van der Waals surface area contributed by atoms with E-state index < -0.39 is 27.8 Å². The molecule has 0 heterocycles. The highest BCUT2D eigenvalue weighted by Gasteiger charge is 2.11. The molecule has 0 bridgehead atoms. The number of ether oxygens (including phenoxy) is 1. The van der Waals surface area contributed by atoms with Gasteiger partial charge in [-0.15, -0.1) is 0 Å². The summed E-state index contributed by atoms with van der Waals surface area (Å²) in [7, 11) is -2.47. The Hall–Kier alpha value is -3.50. The van der Waals surface area contributed by atoms with Crippen molar-refractivity contribution in [3.8, 4) is 0 Å². The van der Waals surface area contributed by atoms with E-state index in [0.29, 0.717) is 5.69 Å².